The summed E-state index contributed by atoms with van der Waals surface area (Å²) in [5, 5.41) is 9.05. The number of ether oxygens (including phenoxy) is 1. The van der Waals surface area contributed by atoms with Crippen LogP contribution in [0.2, 0.25) is 0 Å². The van der Waals surface area contributed by atoms with E-state index in [9.17, 15) is 9.59 Å². The number of amides is 1. The van der Waals surface area contributed by atoms with E-state index in [-0.39, 0.29) is 18.1 Å². The van der Waals surface area contributed by atoms with Crippen LogP contribution in [0.4, 0.5) is 0 Å². The third-order valence-electron chi connectivity index (χ3n) is 4.27. The third kappa shape index (κ3) is 1.82. The average molecular weight is 239 g/mol. The molecule has 0 radical (unpaired) electrons. The zero-order valence-electron chi connectivity index (χ0n) is 9.67. The molecule has 5 heteroatoms. The molecule has 3 fully saturated rings. The van der Waals surface area contributed by atoms with Gasteiger partial charge in [0.1, 0.15) is 0 Å². The second-order valence-electron chi connectivity index (χ2n) is 5.30. The molecule has 3 rings (SSSR count). The van der Waals surface area contributed by atoms with Crippen LogP contribution in [-0.2, 0) is 14.3 Å². The second kappa shape index (κ2) is 3.98. The summed E-state index contributed by atoms with van der Waals surface area (Å²) in [6.45, 7) is 0.366. The Morgan fingerprint density at radius 3 is 2.76 bits per heavy atom. The molecule has 0 aromatic heterocycles. The molecule has 0 saturated carbocycles. The standard InChI is InChI=1S/C12H17NO4/c14-11-4-1-7(12(15)16)6-13(11)9-5-8-2-3-10(9)17-8/h7-10H,1-6H2,(H,15,16). The van der Waals surface area contributed by atoms with E-state index < -0.39 is 11.9 Å². The van der Waals surface area contributed by atoms with Crippen molar-refractivity contribution in [2.45, 2.75) is 50.4 Å². The first-order valence-electron chi connectivity index (χ1n) is 6.33. The number of rotatable bonds is 2. The van der Waals surface area contributed by atoms with Gasteiger partial charge >= 0.3 is 5.97 Å². The minimum atomic E-state index is -0.786. The van der Waals surface area contributed by atoms with E-state index >= 15 is 0 Å². The van der Waals surface area contributed by atoms with Crippen LogP contribution < -0.4 is 0 Å². The molecule has 4 atom stereocenters. The molecule has 1 N–H and O–H groups in total. The van der Waals surface area contributed by atoms with Crippen molar-refractivity contribution < 1.29 is 19.4 Å². The van der Waals surface area contributed by atoms with Gasteiger partial charge in [0.2, 0.25) is 5.91 Å². The lowest BCUT2D eigenvalue weighted by atomic mass is 9.90. The molecule has 0 spiro atoms. The molecule has 5 nitrogen and oxygen atoms in total. The molecule has 3 aliphatic heterocycles. The first kappa shape index (κ1) is 11.0. The Balaban J connectivity index is 1.72. The van der Waals surface area contributed by atoms with Gasteiger partial charge in [-0.1, -0.05) is 0 Å². The molecule has 0 aliphatic carbocycles. The highest BCUT2D eigenvalue weighted by Crippen LogP contribution is 2.38. The Hall–Kier alpha value is -1.10. The number of fused-ring (bicyclic) bond motifs is 2. The normalized spacial score (nSPS) is 40.9. The highest BCUT2D eigenvalue weighted by atomic mass is 16.5. The number of hydrogen-bond donors (Lipinski definition) is 1. The molecule has 3 aliphatic rings. The van der Waals surface area contributed by atoms with Crippen LogP contribution in [0.3, 0.4) is 0 Å². The number of carbonyl (C=O) groups excluding carboxylic acids is 1. The van der Waals surface area contributed by atoms with Gasteiger partial charge in [0.25, 0.3) is 0 Å². The van der Waals surface area contributed by atoms with Crippen LogP contribution in [0.5, 0.6) is 0 Å². The lowest BCUT2D eigenvalue weighted by Crippen LogP contribution is -2.51. The molecular formula is C12H17NO4. The Bertz CT molecular complexity index is 356. The second-order valence-corrected chi connectivity index (χ2v) is 5.30. The van der Waals surface area contributed by atoms with Crippen molar-refractivity contribution in [2.24, 2.45) is 5.92 Å². The minimum Gasteiger partial charge on any atom is -0.481 e. The fourth-order valence-electron chi connectivity index (χ4n) is 3.33. The predicted octanol–water partition coefficient (Wildman–Crippen LogP) is 0.629. The van der Waals surface area contributed by atoms with Crippen molar-refractivity contribution in [1.82, 2.24) is 4.90 Å². The van der Waals surface area contributed by atoms with Gasteiger partial charge in [0.05, 0.1) is 24.2 Å². The molecule has 4 unspecified atom stereocenters. The van der Waals surface area contributed by atoms with E-state index in [0.29, 0.717) is 25.5 Å². The number of nitrogens with zero attached hydrogens (tertiary/aromatic N) is 1. The Morgan fingerprint density at radius 2 is 2.18 bits per heavy atom. The molecule has 94 valence electrons. The van der Waals surface area contributed by atoms with Crippen LogP contribution in [0.25, 0.3) is 0 Å². The molecular weight excluding hydrogens is 222 g/mol. The Morgan fingerprint density at radius 1 is 1.35 bits per heavy atom. The van der Waals surface area contributed by atoms with Crippen LogP contribution >= 0.6 is 0 Å². The first-order valence-corrected chi connectivity index (χ1v) is 6.33. The summed E-state index contributed by atoms with van der Waals surface area (Å²) in [5.74, 6) is -1.08. The molecule has 2 bridgehead atoms. The number of carbonyl (C=O) groups is 2. The highest BCUT2D eigenvalue weighted by Gasteiger charge is 2.46. The molecule has 0 aromatic rings. The average Bonchev–Trinajstić information content (AvgIpc) is 2.91. The van der Waals surface area contributed by atoms with Crippen LogP contribution in [0.15, 0.2) is 0 Å². The molecule has 17 heavy (non-hydrogen) atoms. The molecule has 3 heterocycles. The van der Waals surface area contributed by atoms with E-state index in [0.717, 1.165) is 19.3 Å². The van der Waals surface area contributed by atoms with Gasteiger partial charge in [0, 0.05) is 13.0 Å². The zero-order chi connectivity index (χ0) is 12.0. The van der Waals surface area contributed by atoms with Gasteiger partial charge in [-0.25, -0.2) is 0 Å². The fourth-order valence-corrected chi connectivity index (χ4v) is 3.33. The fraction of sp³-hybridized carbons (Fsp3) is 0.833. The molecule has 3 saturated heterocycles. The van der Waals surface area contributed by atoms with Crippen molar-refractivity contribution in [2.75, 3.05) is 6.54 Å². The summed E-state index contributed by atoms with van der Waals surface area (Å²) >= 11 is 0. The van der Waals surface area contributed by atoms with Gasteiger partial charge in [-0.2, -0.15) is 0 Å². The minimum absolute atomic E-state index is 0.101. The van der Waals surface area contributed by atoms with Crippen molar-refractivity contribution in [3.8, 4) is 0 Å². The zero-order valence-corrected chi connectivity index (χ0v) is 9.67. The Labute approximate surface area is 99.7 Å². The van der Waals surface area contributed by atoms with Crippen LogP contribution in [-0.4, -0.2) is 46.7 Å². The van der Waals surface area contributed by atoms with E-state index in [2.05, 4.69) is 0 Å². The Kier molecular flexibility index (Phi) is 2.58. The van der Waals surface area contributed by atoms with E-state index in [1.165, 1.54) is 0 Å². The molecule has 0 aromatic carbocycles. The summed E-state index contributed by atoms with van der Waals surface area (Å²) in [6, 6.07) is 0.128. The van der Waals surface area contributed by atoms with Gasteiger partial charge < -0.3 is 14.7 Å². The van der Waals surface area contributed by atoms with E-state index in [1.807, 2.05) is 0 Å². The van der Waals surface area contributed by atoms with Crippen molar-refractivity contribution in [3.63, 3.8) is 0 Å². The molecule has 1 amide bonds. The van der Waals surface area contributed by atoms with Crippen LogP contribution in [0.1, 0.15) is 32.1 Å². The summed E-state index contributed by atoms with van der Waals surface area (Å²) in [5.41, 5.74) is 0. The highest BCUT2D eigenvalue weighted by molar-refractivity contribution is 5.80. The maximum Gasteiger partial charge on any atom is 0.308 e. The number of carboxylic acid groups (broad SMARTS) is 1. The predicted molar refractivity (Wildman–Crippen MR) is 58.4 cm³/mol. The summed E-state index contributed by atoms with van der Waals surface area (Å²) < 4.78 is 5.74. The quantitative estimate of drug-likeness (QED) is 0.767. The number of carboxylic acids is 1. The largest absolute Gasteiger partial charge is 0.481 e. The summed E-state index contributed by atoms with van der Waals surface area (Å²) in [6.07, 6.45) is 4.28. The summed E-state index contributed by atoms with van der Waals surface area (Å²) in [7, 11) is 0. The van der Waals surface area contributed by atoms with Crippen molar-refractivity contribution in [1.29, 1.82) is 0 Å². The van der Waals surface area contributed by atoms with Gasteiger partial charge in [-0.15, -0.1) is 0 Å². The lowest BCUT2D eigenvalue weighted by Gasteiger charge is -2.37. The number of piperidine rings is 1. The van der Waals surface area contributed by atoms with Gasteiger partial charge in [-0.05, 0) is 25.7 Å². The van der Waals surface area contributed by atoms with Crippen LogP contribution in [0, 0.1) is 5.92 Å². The number of hydrogen-bond acceptors (Lipinski definition) is 3. The van der Waals surface area contributed by atoms with E-state index in [4.69, 9.17) is 9.84 Å². The van der Waals surface area contributed by atoms with Gasteiger partial charge in [-0.3, -0.25) is 9.59 Å². The SMILES string of the molecule is O=C(O)C1CCC(=O)N(C2CC3CCC2O3)C1. The lowest BCUT2D eigenvalue weighted by molar-refractivity contribution is -0.149. The van der Waals surface area contributed by atoms with Crippen molar-refractivity contribution in [3.05, 3.63) is 0 Å². The topological polar surface area (TPSA) is 66.8 Å². The first-order chi connectivity index (χ1) is 8.15. The number of likely N-dealkylation sites (tertiary alicyclic amines) is 1. The van der Waals surface area contributed by atoms with Gasteiger partial charge in [0.15, 0.2) is 0 Å². The maximum absolute atomic E-state index is 11.9. The van der Waals surface area contributed by atoms with Crippen molar-refractivity contribution >= 4 is 11.9 Å². The monoisotopic (exact) mass is 239 g/mol. The number of aliphatic carboxylic acids is 1. The maximum atomic E-state index is 11.9. The summed E-state index contributed by atoms with van der Waals surface area (Å²) in [4.78, 5) is 24.7. The third-order valence-corrected chi connectivity index (χ3v) is 4.27. The van der Waals surface area contributed by atoms with E-state index in [1.54, 1.807) is 4.90 Å². The smallest absolute Gasteiger partial charge is 0.308 e.